The lowest BCUT2D eigenvalue weighted by molar-refractivity contribution is -0.138. The molecule has 1 aromatic rings. The summed E-state index contributed by atoms with van der Waals surface area (Å²) in [6.07, 6.45) is 4.28. The van der Waals surface area contributed by atoms with E-state index in [2.05, 4.69) is 5.10 Å². The van der Waals surface area contributed by atoms with Crippen molar-refractivity contribution in [2.75, 3.05) is 20.8 Å². The van der Waals surface area contributed by atoms with Crippen LogP contribution in [0.25, 0.3) is 0 Å². The highest BCUT2D eigenvalue weighted by Gasteiger charge is 2.40. The molecule has 1 aliphatic carbocycles. The molecule has 3 rings (SSSR count). The van der Waals surface area contributed by atoms with Gasteiger partial charge in [0.2, 0.25) is 5.91 Å². The van der Waals surface area contributed by atoms with Crippen molar-refractivity contribution < 1.29 is 14.3 Å². The highest BCUT2D eigenvalue weighted by atomic mass is 16.5. The molecule has 1 fully saturated rings. The van der Waals surface area contributed by atoms with Crippen molar-refractivity contribution in [3.05, 3.63) is 23.8 Å². The Kier molecular flexibility index (Phi) is 4.55. The molecule has 1 aromatic carbocycles. The summed E-state index contributed by atoms with van der Waals surface area (Å²) in [5, 5.41) is 6.29. The molecule has 0 spiro atoms. The first-order valence-electron chi connectivity index (χ1n) is 8.31. The Morgan fingerprint density at radius 3 is 2.48 bits per heavy atom. The Labute approximate surface area is 137 Å². The van der Waals surface area contributed by atoms with Gasteiger partial charge in [-0.15, -0.1) is 0 Å². The lowest BCUT2D eigenvalue weighted by Gasteiger charge is -2.38. The molecule has 23 heavy (non-hydrogen) atoms. The fourth-order valence-electron chi connectivity index (χ4n) is 3.69. The summed E-state index contributed by atoms with van der Waals surface area (Å²) in [5.41, 5.74) is 2.03. The zero-order valence-corrected chi connectivity index (χ0v) is 14.0. The van der Waals surface area contributed by atoms with Crippen molar-refractivity contribution in [1.29, 1.82) is 0 Å². The van der Waals surface area contributed by atoms with Crippen LogP contribution < -0.4 is 9.47 Å². The minimum atomic E-state index is 0.0734. The average Bonchev–Trinajstić information content (AvgIpc) is 2.61. The molecule has 1 aliphatic heterocycles. The first-order valence-corrected chi connectivity index (χ1v) is 8.31. The quantitative estimate of drug-likeness (QED) is 0.858. The molecule has 1 heterocycles. The molecular weight excluding hydrogens is 292 g/mol. The van der Waals surface area contributed by atoms with Gasteiger partial charge in [-0.3, -0.25) is 4.79 Å². The maximum atomic E-state index is 12.6. The van der Waals surface area contributed by atoms with E-state index in [1.165, 1.54) is 0 Å². The van der Waals surface area contributed by atoms with Gasteiger partial charge in [0.1, 0.15) is 0 Å². The second-order valence-corrected chi connectivity index (χ2v) is 6.11. The number of hydrogen-bond acceptors (Lipinski definition) is 4. The number of fused-ring (bicyclic) bond motifs is 1. The van der Waals surface area contributed by atoms with Gasteiger partial charge >= 0.3 is 0 Å². The van der Waals surface area contributed by atoms with Crippen LogP contribution in [0.3, 0.4) is 0 Å². The molecule has 5 nitrogen and oxygen atoms in total. The third-order valence-electron chi connectivity index (χ3n) is 4.90. The van der Waals surface area contributed by atoms with Gasteiger partial charge in [0.25, 0.3) is 0 Å². The van der Waals surface area contributed by atoms with Crippen LogP contribution >= 0.6 is 0 Å². The lowest BCUT2D eigenvalue weighted by atomic mass is 9.73. The van der Waals surface area contributed by atoms with Crippen molar-refractivity contribution in [2.45, 2.75) is 32.6 Å². The predicted octanol–water partition coefficient (Wildman–Crippen LogP) is 3.08. The van der Waals surface area contributed by atoms with Crippen LogP contribution in [0.2, 0.25) is 0 Å². The zero-order chi connectivity index (χ0) is 16.4. The molecule has 0 saturated heterocycles. The molecule has 2 atom stereocenters. The zero-order valence-electron chi connectivity index (χ0n) is 14.0. The van der Waals surface area contributed by atoms with Crippen LogP contribution in [0.1, 0.15) is 38.2 Å². The van der Waals surface area contributed by atoms with Gasteiger partial charge in [0.05, 0.1) is 19.9 Å². The summed E-state index contributed by atoms with van der Waals surface area (Å²) in [6.45, 7) is 2.58. The minimum Gasteiger partial charge on any atom is -0.493 e. The normalized spacial score (nSPS) is 24.0. The standard InChI is InChI=1S/C18H24N2O3/c1-4-20-18(21)14-8-6-5-7-13(14)17(19-20)12-9-10-15(22-2)16(11-12)23-3/h9-11,13-14H,4-8H2,1-3H3. The first-order chi connectivity index (χ1) is 11.2. The van der Waals surface area contributed by atoms with E-state index >= 15 is 0 Å². The molecule has 124 valence electrons. The van der Waals surface area contributed by atoms with Gasteiger partial charge in [0.15, 0.2) is 11.5 Å². The van der Waals surface area contributed by atoms with Gasteiger partial charge in [-0.05, 0) is 38.0 Å². The van der Waals surface area contributed by atoms with Crippen molar-refractivity contribution in [2.24, 2.45) is 16.9 Å². The average molecular weight is 316 g/mol. The molecule has 0 N–H and O–H groups in total. The van der Waals surface area contributed by atoms with E-state index in [-0.39, 0.29) is 17.7 Å². The van der Waals surface area contributed by atoms with E-state index in [9.17, 15) is 4.79 Å². The fourth-order valence-corrected chi connectivity index (χ4v) is 3.69. The van der Waals surface area contributed by atoms with Crippen LogP contribution in [-0.4, -0.2) is 37.4 Å². The van der Waals surface area contributed by atoms with Crippen LogP contribution in [-0.2, 0) is 4.79 Å². The minimum absolute atomic E-state index is 0.0734. The summed E-state index contributed by atoms with van der Waals surface area (Å²) in [6, 6.07) is 5.88. The molecular formula is C18H24N2O3. The number of ether oxygens (including phenoxy) is 2. The molecule has 5 heteroatoms. The summed E-state index contributed by atoms with van der Waals surface area (Å²) in [5.74, 6) is 1.87. The number of carbonyl (C=O) groups is 1. The number of nitrogens with zero attached hydrogens (tertiary/aromatic N) is 2. The van der Waals surface area contributed by atoms with Crippen molar-refractivity contribution in [3.63, 3.8) is 0 Å². The number of benzene rings is 1. The molecule has 1 amide bonds. The topological polar surface area (TPSA) is 51.1 Å². The van der Waals surface area contributed by atoms with Gasteiger partial charge < -0.3 is 9.47 Å². The van der Waals surface area contributed by atoms with Crippen molar-refractivity contribution in [1.82, 2.24) is 5.01 Å². The highest BCUT2D eigenvalue weighted by molar-refractivity contribution is 6.07. The highest BCUT2D eigenvalue weighted by Crippen LogP contribution is 2.38. The number of rotatable bonds is 4. The fraction of sp³-hybridized carbons (Fsp3) is 0.556. The second-order valence-electron chi connectivity index (χ2n) is 6.11. The van der Waals surface area contributed by atoms with Crippen LogP contribution in [0.15, 0.2) is 23.3 Å². The molecule has 0 bridgehead atoms. The summed E-state index contributed by atoms with van der Waals surface area (Å²) in [7, 11) is 3.26. The van der Waals surface area contributed by atoms with Gasteiger partial charge in [0, 0.05) is 23.9 Å². The summed E-state index contributed by atoms with van der Waals surface area (Å²) < 4.78 is 10.7. The van der Waals surface area contributed by atoms with E-state index in [1.807, 2.05) is 25.1 Å². The van der Waals surface area contributed by atoms with Crippen LogP contribution in [0.5, 0.6) is 11.5 Å². The number of methoxy groups -OCH3 is 2. The van der Waals surface area contributed by atoms with Gasteiger partial charge in [-0.1, -0.05) is 12.8 Å². The number of amides is 1. The Bertz CT molecular complexity index is 627. The van der Waals surface area contributed by atoms with E-state index in [1.54, 1.807) is 19.2 Å². The lowest BCUT2D eigenvalue weighted by Crippen LogP contribution is -2.46. The smallest absolute Gasteiger partial charge is 0.246 e. The van der Waals surface area contributed by atoms with E-state index in [0.29, 0.717) is 18.0 Å². The van der Waals surface area contributed by atoms with Crippen molar-refractivity contribution in [3.8, 4) is 11.5 Å². The SMILES string of the molecule is CCN1N=C(c2ccc(OC)c(OC)c2)C2CCCCC2C1=O. The Morgan fingerprint density at radius 2 is 1.83 bits per heavy atom. The van der Waals surface area contributed by atoms with Crippen LogP contribution in [0, 0.1) is 11.8 Å². The molecule has 2 unspecified atom stereocenters. The summed E-state index contributed by atoms with van der Waals surface area (Å²) in [4.78, 5) is 12.6. The van der Waals surface area contributed by atoms with Crippen LogP contribution in [0.4, 0.5) is 0 Å². The monoisotopic (exact) mass is 316 g/mol. The largest absolute Gasteiger partial charge is 0.493 e. The Morgan fingerprint density at radius 1 is 1.13 bits per heavy atom. The maximum absolute atomic E-state index is 12.6. The first kappa shape index (κ1) is 15.8. The Hall–Kier alpha value is -2.04. The summed E-state index contributed by atoms with van der Waals surface area (Å²) >= 11 is 0. The van der Waals surface area contributed by atoms with Crippen molar-refractivity contribution >= 4 is 11.6 Å². The predicted molar refractivity (Wildman–Crippen MR) is 88.9 cm³/mol. The third-order valence-corrected chi connectivity index (χ3v) is 4.90. The van der Waals surface area contributed by atoms with E-state index in [4.69, 9.17) is 9.47 Å². The molecule has 2 aliphatic rings. The second kappa shape index (κ2) is 6.60. The Balaban J connectivity index is 2.03. The third kappa shape index (κ3) is 2.80. The van der Waals surface area contributed by atoms with Gasteiger partial charge in [-0.25, -0.2) is 5.01 Å². The number of hydrazone groups is 1. The maximum Gasteiger partial charge on any atom is 0.246 e. The number of carbonyl (C=O) groups excluding carboxylic acids is 1. The molecule has 0 aromatic heterocycles. The molecule has 1 saturated carbocycles. The van der Waals surface area contributed by atoms with Gasteiger partial charge in [-0.2, -0.15) is 5.10 Å². The van der Waals surface area contributed by atoms with E-state index < -0.39 is 0 Å². The van der Waals surface area contributed by atoms with E-state index in [0.717, 1.165) is 37.0 Å². The molecule has 0 radical (unpaired) electrons. The number of hydrogen-bond donors (Lipinski definition) is 0.